The number of aliphatic imine (C=N–C) groups is 1. The van der Waals surface area contributed by atoms with E-state index >= 15 is 0 Å². The highest BCUT2D eigenvalue weighted by Crippen LogP contribution is 2.15. The van der Waals surface area contributed by atoms with Gasteiger partial charge >= 0.3 is 6.09 Å². The number of amides is 1. The summed E-state index contributed by atoms with van der Waals surface area (Å²) in [4.78, 5) is 19.8. The molecule has 1 aliphatic heterocycles. The monoisotopic (exact) mass is 426 g/mol. The third kappa shape index (κ3) is 8.05. The van der Waals surface area contributed by atoms with Gasteiger partial charge in [-0.05, 0) is 39.5 Å². The lowest BCUT2D eigenvalue weighted by Gasteiger charge is -2.31. The van der Waals surface area contributed by atoms with Gasteiger partial charge < -0.3 is 20.3 Å². The molecule has 0 aromatic carbocycles. The highest BCUT2D eigenvalue weighted by molar-refractivity contribution is 14.0. The van der Waals surface area contributed by atoms with Gasteiger partial charge in [0.1, 0.15) is 5.60 Å². The third-order valence-corrected chi connectivity index (χ3v) is 3.52. The van der Waals surface area contributed by atoms with Crippen LogP contribution in [0.3, 0.4) is 0 Å². The van der Waals surface area contributed by atoms with Crippen molar-refractivity contribution >= 4 is 36.0 Å². The van der Waals surface area contributed by atoms with Gasteiger partial charge in [-0.25, -0.2) is 4.79 Å². The first-order chi connectivity index (χ1) is 9.69. The van der Waals surface area contributed by atoms with Gasteiger partial charge in [-0.3, -0.25) is 4.99 Å². The Morgan fingerprint density at radius 3 is 2.41 bits per heavy atom. The minimum Gasteiger partial charge on any atom is -0.444 e. The predicted molar refractivity (Wildman–Crippen MR) is 101 cm³/mol. The summed E-state index contributed by atoms with van der Waals surface area (Å²) < 4.78 is 5.28. The molecular weight excluding hydrogens is 395 g/mol. The molecule has 1 aliphatic rings. The van der Waals surface area contributed by atoms with Crippen LogP contribution in [-0.2, 0) is 4.74 Å². The van der Waals surface area contributed by atoms with Crippen molar-refractivity contribution < 1.29 is 9.53 Å². The first-order valence-electron chi connectivity index (χ1n) is 7.68. The minimum absolute atomic E-state index is 0. The lowest BCUT2D eigenvalue weighted by Crippen LogP contribution is -2.43. The van der Waals surface area contributed by atoms with Crippen molar-refractivity contribution in [1.29, 1.82) is 0 Å². The van der Waals surface area contributed by atoms with Crippen molar-refractivity contribution in [2.45, 2.75) is 46.1 Å². The lowest BCUT2D eigenvalue weighted by atomic mass is 10.00. The molecule has 2 N–H and O–H groups in total. The number of rotatable bonds is 3. The second kappa shape index (κ2) is 9.42. The Kier molecular flexibility index (Phi) is 9.11. The predicted octanol–water partition coefficient (Wildman–Crippen LogP) is 2.52. The van der Waals surface area contributed by atoms with E-state index in [4.69, 9.17) is 10.5 Å². The number of carbonyl (C=O) groups excluding carboxylic acids is 1. The van der Waals surface area contributed by atoms with E-state index in [1.54, 1.807) is 7.05 Å². The number of nitrogens with two attached hydrogens (primary N) is 1. The van der Waals surface area contributed by atoms with Crippen LogP contribution < -0.4 is 5.73 Å². The summed E-state index contributed by atoms with van der Waals surface area (Å²) >= 11 is 0. The number of likely N-dealkylation sites (N-methyl/N-ethyl adjacent to an activating group) is 1. The summed E-state index contributed by atoms with van der Waals surface area (Å²) in [5, 5.41) is 0. The first-order valence-corrected chi connectivity index (χ1v) is 7.68. The molecular formula is C15H31IN4O2. The van der Waals surface area contributed by atoms with Crippen molar-refractivity contribution in [3.8, 4) is 0 Å². The van der Waals surface area contributed by atoms with Crippen LogP contribution in [0.15, 0.2) is 4.99 Å². The maximum atomic E-state index is 11.8. The van der Waals surface area contributed by atoms with Gasteiger partial charge in [0, 0.05) is 26.7 Å². The first kappa shape index (κ1) is 21.3. The maximum Gasteiger partial charge on any atom is 0.410 e. The van der Waals surface area contributed by atoms with Crippen LogP contribution in [0, 0.1) is 5.92 Å². The van der Waals surface area contributed by atoms with E-state index in [0.29, 0.717) is 19.0 Å². The Labute approximate surface area is 151 Å². The molecule has 7 heteroatoms. The minimum atomic E-state index is -0.474. The molecule has 0 aromatic rings. The van der Waals surface area contributed by atoms with Crippen molar-refractivity contribution in [3.63, 3.8) is 0 Å². The van der Waals surface area contributed by atoms with Crippen LogP contribution in [0.4, 0.5) is 4.79 Å². The highest BCUT2D eigenvalue weighted by Gasteiger charge is 2.19. The molecule has 0 bridgehead atoms. The number of hydrogen-bond acceptors (Lipinski definition) is 3. The summed E-state index contributed by atoms with van der Waals surface area (Å²) in [6.45, 7) is 10.8. The van der Waals surface area contributed by atoms with Crippen molar-refractivity contribution in [2.75, 3.05) is 33.2 Å². The molecule has 1 heterocycles. The Morgan fingerprint density at radius 1 is 1.36 bits per heavy atom. The Balaban J connectivity index is 0.00000441. The number of nitrogens with zero attached hydrogens (tertiary/aromatic N) is 3. The largest absolute Gasteiger partial charge is 0.444 e. The normalized spacial score (nSPS) is 17.0. The van der Waals surface area contributed by atoms with Gasteiger partial charge in [-0.2, -0.15) is 0 Å². The van der Waals surface area contributed by atoms with E-state index in [1.807, 2.05) is 20.8 Å². The summed E-state index contributed by atoms with van der Waals surface area (Å²) in [7, 11) is 1.71. The number of hydrogen-bond donors (Lipinski definition) is 1. The zero-order valence-corrected chi connectivity index (χ0v) is 16.8. The molecule has 0 saturated carbocycles. The second-order valence-electron chi connectivity index (χ2n) is 6.81. The summed E-state index contributed by atoms with van der Waals surface area (Å²) in [6.07, 6.45) is 1.99. The SMILES string of the molecule is CC1CCN(C(N)=NCCN(C)C(=O)OC(C)(C)C)CC1.I. The van der Waals surface area contributed by atoms with Crippen molar-refractivity contribution in [1.82, 2.24) is 9.80 Å². The quantitative estimate of drug-likeness (QED) is 0.428. The van der Waals surface area contributed by atoms with Crippen LogP contribution in [0.25, 0.3) is 0 Å². The van der Waals surface area contributed by atoms with Crippen LogP contribution in [0.5, 0.6) is 0 Å². The molecule has 0 spiro atoms. The summed E-state index contributed by atoms with van der Waals surface area (Å²) in [5.74, 6) is 1.35. The van der Waals surface area contributed by atoms with Gasteiger partial charge in [0.05, 0.1) is 6.54 Å². The number of ether oxygens (including phenoxy) is 1. The van der Waals surface area contributed by atoms with Crippen LogP contribution in [0.1, 0.15) is 40.5 Å². The zero-order valence-electron chi connectivity index (χ0n) is 14.5. The number of halogens is 1. The molecule has 6 nitrogen and oxygen atoms in total. The Hall–Kier alpha value is -0.730. The molecule has 0 aromatic heterocycles. The van der Waals surface area contributed by atoms with E-state index in [0.717, 1.165) is 31.8 Å². The molecule has 1 fully saturated rings. The Morgan fingerprint density at radius 2 is 1.91 bits per heavy atom. The fraction of sp³-hybridized carbons (Fsp3) is 0.867. The average molecular weight is 426 g/mol. The zero-order chi connectivity index (χ0) is 16.0. The van der Waals surface area contributed by atoms with Gasteiger partial charge in [0.2, 0.25) is 0 Å². The molecule has 0 unspecified atom stereocenters. The molecule has 1 saturated heterocycles. The molecule has 22 heavy (non-hydrogen) atoms. The van der Waals surface area contributed by atoms with Crippen LogP contribution in [0.2, 0.25) is 0 Å². The third-order valence-electron chi connectivity index (χ3n) is 3.52. The Bertz CT molecular complexity index is 374. The van der Waals surface area contributed by atoms with E-state index < -0.39 is 5.60 Å². The standard InChI is InChI=1S/C15H30N4O2.HI/c1-12-6-9-19(10-7-12)13(16)17-8-11-18(5)14(20)21-15(2,3)4;/h12H,6-11H2,1-5H3,(H2,16,17);1H. The van der Waals surface area contributed by atoms with E-state index in [2.05, 4.69) is 16.8 Å². The van der Waals surface area contributed by atoms with Gasteiger partial charge in [0.25, 0.3) is 0 Å². The van der Waals surface area contributed by atoms with Gasteiger partial charge in [-0.1, -0.05) is 6.92 Å². The lowest BCUT2D eigenvalue weighted by molar-refractivity contribution is 0.0304. The van der Waals surface area contributed by atoms with E-state index in [9.17, 15) is 4.79 Å². The van der Waals surface area contributed by atoms with E-state index in [-0.39, 0.29) is 30.1 Å². The maximum absolute atomic E-state index is 11.8. The molecule has 0 radical (unpaired) electrons. The molecule has 0 aliphatic carbocycles. The fourth-order valence-electron chi connectivity index (χ4n) is 2.08. The smallest absolute Gasteiger partial charge is 0.410 e. The number of piperidine rings is 1. The highest BCUT2D eigenvalue weighted by atomic mass is 127. The number of likely N-dealkylation sites (tertiary alicyclic amines) is 1. The topological polar surface area (TPSA) is 71.2 Å². The molecule has 1 amide bonds. The average Bonchev–Trinajstić information content (AvgIpc) is 2.37. The number of carbonyl (C=O) groups is 1. The van der Waals surface area contributed by atoms with Gasteiger partial charge in [-0.15, -0.1) is 24.0 Å². The van der Waals surface area contributed by atoms with Crippen LogP contribution >= 0.6 is 24.0 Å². The molecule has 130 valence electrons. The van der Waals surface area contributed by atoms with E-state index in [1.165, 1.54) is 4.90 Å². The summed E-state index contributed by atoms with van der Waals surface area (Å²) in [5.41, 5.74) is 5.53. The summed E-state index contributed by atoms with van der Waals surface area (Å²) in [6, 6.07) is 0. The van der Waals surface area contributed by atoms with Crippen LogP contribution in [-0.4, -0.2) is 60.7 Å². The fourth-order valence-corrected chi connectivity index (χ4v) is 2.08. The van der Waals surface area contributed by atoms with Crippen molar-refractivity contribution in [2.24, 2.45) is 16.6 Å². The molecule has 0 atom stereocenters. The second-order valence-corrected chi connectivity index (χ2v) is 6.81. The number of guanidine groups is 1. The molecule has 1 rings (SSSR count). The van der Waals surface area contributed by atoms with Gasteiger partial charge in [0.15, 0.2) is 5.96 Å². The van der Waals surface area contributed by atoms with Crippen molar-refractivity contribution in [3.05, 3.63) is 0 Å².